The first-order valence-electron chi connectivity index (χ1n) is 14.5. The van der Waals surface area contributed by atoms with Gasteiger partial charge in [-0.3, -0.25) is 4.90 Å². The predicted octanol–water partition coefficient (Wildman–Crippen LogP) is 8.45. The second-order valence-electron chi connectivity index (χ2n) is 12.0. The molecule has 45 heavy (non-hydrogen) atoms. The van der Waals surface area contributed by atoms with Gasteiger partial charge in [-0.2, -0.15) is 26.3 Å². The number of hydrogen-bond donors (Lipinski definition) is 0. The Bertz CT molecular complexity index is 1410. The molecule has 1 unspecified atom stereocenters. The maximum absolute atomic E-state index is 13.7. The van der Waals surface area contributed by atoms with Crippen molar-refractivity contribution in [1.29, 1.82) is 0 Å². The molecule has 3 atom stereocenters. The van der Waals surface area contributed by atoms with Crippen LogP contribution < -0.4 is 9.64 Å². The summed E-state index contributed by atoms with van der Waals surface area (Å²) in [6, 6.07) is 9.39. The summed E-state index contributed by atoms with van der Waals surface area (Å²) >= 11 is 0. The van der Waals surface area contributed by atoms with Gasteiger partial charge in [0.05, 0.1) is 36.7 Å². The summed E-state index contributed by atoms with van der Waals surface area (Å²) in [4.78, 5) is 25.6. The zero-order valence-corrected chi connectivity index (χ0v) is 25.6. The smallest absolute Gasteiger partial charge is 0.416 e. The van der Waals surface area contributed by atoms with Crippen LogP contribution in [0.5, 0.6) is 5.75 Å². The van der Waals surface area contributed by atoms with Crippen molar-refractivity contribution in [3.8, 4) is 5.75 Å². The van der Waals surface area contributed by atoms with E-state index >= 15 is 0 Å². The van der Waals surface area contributed by atoms with Crippen LogP contribution in [-0.2, 0) is 23.6 Å². The lowest BCUT2D eigenvalue weighted by Crippen LogP contribution is -2.54. The highest BCUT2D eigenvalue weighted by atomic mass is 19.4. The molecule has 0 aliphatic carbocycles. The third kappa shape index (κ3) is 8.37. The zero-order chi connectivity index (χ0) is 33.2. The van der Waals surface area contributed by atoms with E-state index in [0.29, 0.717) is 30.7 Å². The Kier molecular flexibility index (Phi) is 9.88. The average Bonchev–Trinajstić information content (AvgIpc) is 2.97. The fourth-order valence-electron chi connectivity index (χ4n) is 5.56. The van der Waals surface area contributed by atoms with Crippen LogP contribution in [0.4, 0.5) is 37.1 Å². The minimum atomic E-state index is -5.00. The third-order valence-electron chi connectivity index (χ3n) is 7.58. The topological polar surface area (TPSA) is 67.8 Å². The van der Waals surface area contributed by atoms with E-state index in [4.69, 9.17) is 9.47 Å². The van der Waals surface area contributed by atoms with Crippen molar-refractivity contribution in [3.05, 3.63) is 83.2 Å². The number of carbonyl (C=O) groups is 1. The van der Waals surface area contributed by atoms with E-state index in [1.807, 2.05) is 37.3 Å². The number of ether oxygens (including phenoxy) is 2. The van der Waals surface area contributed by atoms with E-state index in [9.17, 15) is 31.1 Å². The summed E-state index contributed by atoms with van der Waals surface area (Å²) < 4.78 is 93.4. The third-order valence-corrected chi connectivity index (χ3v) is 7.58. The van der Waals surface area contributed by atoms with Gasteiger partial charge in [0.2, 0.25) is 5.95 Å². The first-order valence-corrected chi connectivity index (χ1v) is 14.5. The van der Waals surface area contributed by atoms with Crippen LogP contribution in [0.25, 0.3) is 0 Å². The van der Waals surface area contributed by atoms with E-state index in [-0.39, 0.29) is 36.6 Å². The fraction of sp³-hybridized carbons (Fsp3) is 0.469. The Morgan fingerprint density at radius 3 is 2.00 bits per heavy atom. The van der Waals surface area contributed by atoms with Gasteiger partial charge < -0.3 is 14.4 Å². The van der Waals surface area contributed by atoms with E-state index in [2.05, 4.69) is 9.97 Å². The number of hydrogen-bond acceptors (Lipinski definition) is 6. The Labute approximate surface area is 258 Å². The molecule has 1 amide bonds. The van der Waals surface area contributed by atoms with Crippen molar-refractivity contribution >= 4 is 12.0 Å². The lowest BCUT2D eigenvalue weighted by Gasteiger charge is -2.48. The minimum Gasteiger partial charge on any atom is -0.494 e. The van der Waals surface area contributed by atoms with Crippen molar-refractivity contribution in [2.24, 2.45) is 0 Å². The van der Waals surface area contributed by atoms with Crippen molar-refractivity contribution < 1.29 is 40.6 Å². The molecule has 1 aliphatic heterocycles. The van der Waals surface area contributed by atoms with Gasteiger partial charge in [-0.1, -0.05) is 37.3 Å². The molecule has 1 fully saturated rings. The monoisotopic (exact) mass is 638 g/mol. The number of nitrogens with zero attached hydrogens (tertiary/aromatic N) is 4. The average molecular weight is 639 g/mol. The molecule has 0 spiro atoms. The molecule has 0 radical (unpaired) electrons. The summed E-state index contributed by atoms with van der Waals surface area (Å²) in [6.45, 7) is 6.85. The molecule has 2 aromatic carbocycles. The van der Waals surface area contributed by atoms with Gasteiger partial charge in [0, 0.05) is 18.6 Å². The number of aromatic nitrogens is 2. The quantitative estimate of drug-likeness (QED) is 0.242. The van der Waals surface area contributed by atoms with Crippen LogP contribution in [0.2, 0.25) is 0 Å². The number of amides is 1. The largest absolute Gasteiger partial charge is 0.494 e. The lowest BCUT2D eigenvalue weighted by atomic mass is 9.85. The molecule has 3 aromatic rings. The molecule has 244 valence electrons. The molecule has 1 saturated heterocycles. The second kappa shape index (κ2) is 13.1. The van der Waals surface area contributed by atoms with Gasteiger partial charge in [0.15, 0.2) is 5.75 Å². The van der Waals surface area contributed by atoms with E-state index < -0.39 is 47.3 Å². The minimum absolute atomic E-state index is 0.0964. The number of methoxy groups -OCH3 is 1. The molecule has 0 N–H and O–H groups in total. The molecule has 13 heteroatoms. The van der Waals surface area contributed by atoms with E-state index in [1.54, 1.807) is 30.6 Å². The van der Waals surface area contributed by atoms with Gasteiger partial charge in [0.25, 0.3) is 0 Å². The van der Waals surface area contributed by atoms with Crippen LogP contribution in [0, 0.1) is 0 Å². The molecular weight excluding hydrogens is 602 g/mol. The van der Waals surface area contributed by atoms with Gasteiger partial charge in [-0.25, -0.2) is 14.8 Å². The molecule has 1 aromatic heterocycles. The summed E-state index contributed by atoms with van der Waals surface area (Å²) in [6.07, 6.45) is -6.63. The summed E-state index contributed by atoms with van der Waals surface area (Å²) in [5.41, 5.74) is -2.99. The Balaban J connectivity index is 1.82. The lowest BCUT2D eigenvalue weighted by molar-refractivity contribution is -0.143. The van der Waals surface area contributed by atoms with E-state index in [1.165, 1.54) is 19.5 Å². The number of piperidine rings is 1. The Hall–Kier alpha value is -4.03. The highest BCUT2D eigenvalue weighted by Gasteiger charge is 2.43. The van der Waals surface area contributed by atoms with Crippen LogP contribution >= 0.6 is 0 Å². The molecule has 0 bridgehead atoms. The molecule has 0 saturated carbocycles. The second-order valence-corrected chi connectivity index (χ2v) is 12.0. The number of halogens is 6. The van der Waals surface area contributed by atoms with Crippen molar-refractivity contribution in [1.82, 2.24) is 14.9 Å². The number of anilines is 1. The van der Waals surface area contributed by atoms with Crippen molar-refractivity contribution in [2.75, 3.05) is 12.0 Å². The van der Waals surface area contributed by atoms with Gasteiger partial charge in [-0.05, 0) is 69.4 Å². The standard InChI is InChI=1S/C32H36F6N4O3/c1-6-24-15-25(16-27(21-10-8-7-9-11-21)42(24)29(43)45-30(2,3)4)41(28-39-17-26(44-5)18-40-28)19-20-12-22(31(33,34)35)14-23(13-20)32(36,37)38/h7-14,17-18,24-25,27H,6,15-16,19H2,1-5H3/t24-,25+,27?/m1/s1. The SMILES string of the molecule is CC[C@@H]1C[C@H](N(Cc2cc(C(F)(F)F)cc(C(F)(F)F)c2)c2ncc(OC)cn2)CC(c2ccccc2)N1C(=O)OC(C)(C)C. The molecule has 1 aliphatic rings. The number of benzene rings is 2. The number of carbonyl (C=O) groups excluding carboxylic acids is 1. The van der Waals surface area contributed by atoms with Crippen molar-refractivity contribution in [2.45, 2.75) is 89.6 Å². The predicted molar refractivity (Wildman–Crippen MR) is 156 cm³/mol. The highest BCUT2D eigenvalue weighted by Crippen LogP contribution is 2.41. The fourth-order valence-corrected chi connectivity index (χ4v) is 5.56. The van der Waals surface area contributed by atoms with Crippen LogP contribution in [0.1, 0.15) is 75.3 Å². The molecule has 4 rings (SSSR count). The number of alkyl halides is 6. The first-order chi connectivity index (χ1) is 21.0. The van der Waals surface area contributed by atoms with Crippen LogP contribution in [0.3, 0.4) is 0 Å². The maximum atomic E-state index is 13.7. The number of likely N-dealkylation sites (tertiary alicyclic amines) is 1. The van der Waals surface area contributed by atoms with Gasteiger partial charge in [-0.15, -0.1) is 0 Å². The summed E-state index contributed by atoms with van der Waals surface area (Å²) in [5, 5.41) is 0. The van der Waals surface area contributed by atoms with Gasteiger partial charge in [0.1, 0.15) is 5.60 Å². The maximum Gasteiger partial charge on any atom is 0.416 e. The molecule has 2 heterocycles. The first kappa shape index (κ1) is 33.9. The normalized spacial score (nSPS) is 19.3. The zero-order valence-electron chi connectivity index (χ0n) is 25.6. The molecule has 7 nitrogen and oxygen atoms in total. The van der Waals surface area contributed by atoms with E-state index in [0.717, 1.165) is 5.56 Å². The Morgan fingerprint density at radius 1 is 0.933 bits per heavy atom. The van der Waals surface area contributed by atoms with Crippen molar-refractivity contribution in [3.63, 3.8) is 0 Å². The molecular formula is C32H36F6N4O3. The van der Waals surface area contributed by atoms with Crippen LogP contribution in [-0.4, -0.2) is 45.8 Å². The number of rotatable bonds is 7. The van der Waals surface area contributed by atoms with Gasteiger partial charge >= 0.3 is 18.4 Å². The highest BCUT2D eigenvalue weighted by molar-refractivity contribution is 5.69. The van der Waals surface area contributed by atoms with Crippen LogP contribution in [0.15, 0.2) is 60.9 Å². The Morgan fingerprint density at radius 2 is 1.51 bits per heavy atom. The summed E-state index contributed by atoms with van der Waals surface area (Å²) in [7, 11) is 1.42. The summed E-state index contributed by atoms with van der Waals surface area (Å²) in [5.74, 6) is 0.421.